The fourth-order valence-electron chi connectivity index (χ4n) is 3.59. The maximum absolute atomic E-state index is 3.75. The molecule has 1 unspecified atom stereocenters. The summed E-state index contributed by atoms with van der Waals surface area (Å²) in [7, 11) is 0. The Labute approximate surface area is 143 Å². The number of fused-ring (bicyclic) bond motifs is 1. The molecular formula is C23H21N. The van der Waals surface area contributed by atoms with Gasteiger partial charge in [-0.1, -0.05) is 72.8 Å². The minimum Gasteiger partial charge on any atom is -0.372 e. The summed E-state index contributed by atoms with van der Waals surface area (Å²) in [5.41, 5.74) is 7.40. The molecule has 0 spiro atoms. The van der Waals surface area contributed by atoms with E-state index in [0.29, 0.717) is 0 Å². The van der Waals surface area contributed by atoms with Crippen LogP contribution in [0, 0.1) is 6.92 Å². The van der Waals surface area contributed by atoms with Crippen LogP contribution in [0.4, 0.5) is 5.69 Å². The monoisotopic (exact) mass is 311 g/mol. The van der Waals surface area contributed by atoms with Gasteiger partial charge in [0.05, 0.1) is 5.54 Å². The fourth-order valence-corrected chi connectivity index (χ4v) is 3.59. The topological polar surface area (TPSA) is 12.0 Å². The van der Waals surface area contributed by atoms with Crippen molar-refractivity contribution in [2.45, 2.75) is 19.4 Å². The SMILES string of the molecule is Cc1cccc2c1C(c1ccccc1)=CC(C)(c1ccccc1)N2. The lowest BCUT2D eigenvalue weighted by atomic mass is 9.80. The van der Waals surface area contributed by atoms with E-state index in [9.17, 15) is 0 Å². The van der Waals surface area contributed by atoms with Gasteiger partial charge in [-0.05, 0) is 48.3 Å². The van der Waals surface area contributed by atoms with Gasteiger partial charge in [0.1, 0.15) is 0 Å². The first-order valence-corrected chi connectivity index (χ1v) is 8.39. The highest BCUT2D eigenvalue weighted by Crippen LogP contribution is 2.42. The first-order chi connectivity index (χ1) is 11.7. The molecule has 118 valence electrons. The number of hydrogen-bond acceptors (Lipinski definition) is 1. The molecule has 1 nitrogen and oxygen atoms in total. The number of aryl methyl sites for hydroxylation is 1. The zero-order valence-corrected chi connectivity index (χ0v) is 14.1. The third kappa shape index (κ3) is 2.43. The first-order valence-electron chi connectivity index (χ1n) is 8.39. The van der Waals surface area contributed by atoms with Crippen molar-refractivity contribution in [2.24, 2.45) is 0 Å². The Morgan fingerprint density at radius 1 is 0.750 bits per heavy atom. The Balaban J connectivity index is 1.96. The molecule has 1 heteroatoms. The van der Waals surface area contributed by atoms with Gasteiger partial charge in [-0.25, -0.2) is 0 Å². The van der Waals surface area contributed by atoms with E-state index in [2.05, 4.69) is 104 Å². The van der Waals surface area contributed by atoms with Crippen LogP contribution in [0.15, 0.2) is 84.9 Å². The summed E-state index contributed by atoms with van der Waals surface area (Å²) >= 11 is 0. The van der Waals surface area contributed by atoms with Crippen LogP contribution in [0.3, 0.4) is 0 Å². The Hall–Kier alpha value is -2.80. The zero-order chi connectivity index (χ0) is 16.6. The van der Waals surface area contributed by atoms with Gasteiger partial charge in [0.25, 0.3) is 0 Å². The van der Waals surface area contributed by atoms with Crippen LogP contribution in [0.2, 0.25) is 0 Å². The molecule has 1 aliphatic rings. The molecule has 4 rings (SSSR count). The van der Waals surface area contributed by atoms with E-state index in [0.717, 1.165) is 0 Å². The lowest BCUT2D eigenvalue weighted by Crippen LogP contribution is -2.33. The lowest BCUT2D eigenvalue weighted by molar-refractivity contribution is 0.685. The van der Waals surface area contributed by atoms with Crippen LogP contribution in [0.25, 0.3) is 5.57 Å². The predicted octanol–water partition coefficient (Wildman–Crippen LogP) is 5.77. The van der Waals surface area contributed by atoms with Crippen LogP contribution in [-0.4, -0.2) is 0 Å². The maximum atomic E-state index is 3.75. The quantitative estimate of drug-likeness (QED) is 0.633. The maximum Gasteiger partial charge on any atom is 0.0790 e. The molecule has 0 aliphatic carbocycles. The van der Waals surface area contributed by atoms with Crippen molar-refractivity contribution < 1.29 is 0 Å². The standard InChI is InChI=1S/C23H21N/c1-17-10-9-15-21-22(17)20(18-11-5-3-6-12-18)16-23(2,24-21)19-13-7-4-8-14-19/h3-16,24H,1-2H3. The Morgan fingerprint density at radius 2 is 1.42 bits per heavy atom. The largest absolute Gasteiger partial charge is 0.372 e. The van der Waals surface area contributed by atoms with Crippen LogP contribution in [-0.2, 0) is 5.54 Å². The van der Waals surface area contributed by atoms with Crippen LogP contribution in [0.5, 0.6) is 0 Å². The highest BCUT2D eigenvalue weighted by molar-refractivity contribution is 5.91. The van der Waals surface area contributed by atoms with E-state index in [1.807, 2.05) is 0 Å². The fraction of sp³-hybridized carbons (Fsp3) is 0.130. The molecule has 0 fully saturated rings. The van der Waals surface area contributed by atoms with Gasteiger partial charge in [-0.15, -0.1) is 0 Å². The summed E-state index contributed by atoms with van der Waals surface area (Å²) in [5, 5.41) is 3.75. The molecule has 1 heterocycles. The average molecular weight is 311 g/mol. The van der Waals surface area contributed by atoms with E-state index >= 15 is 0 Å². The van der Waals surface area contributed by atoms with Gasteiger partial charge < -0.3 is 5.32 Å². The summed E-state index contributed by atoms with van der Waals surface area (Å²) in [6.07, 6.45) is 2.37. The van der Waals surface area contributed by atoms with Crippen molar-refractivity contribution in [3.8, 4) is 0 Å². The molecule has 0 radical (unpaired) electrons. The molecule has 0 saturated carbocycles. The van der Waals surface area contributed by atoms with Gasteiger partial charge in [-0.3, -0.25) is 0 Å². The van der Waals surface area contributed by atoms with Crippen molar-refractivity contribution in [1.29, 1.82) is 0 Å². The van der Waals surface area contributed by atoms with E-state index < -0.39 is 0 Å². The number of hydrogen-bond donors (Lipinski definition) is 1. The second kappa shape index (κ2) is 5.68. The van der Waals surface area contributed by atoms with E-state index in [1.54, 1.807) is 0 Å². The van der Waals surface area contributed by atoms with Gasteiger partial charge in [0, 0.05) is 11.3 Å². The van der Waals surface area contributed by atoms with Crippen molar-refractivity contribution in [3.05, 3.63) is 107 Å². The molecular weight excluding hydrogens is 290 g/mol. The van der Waals surface area contributed by atoms with Crippen LogP contribution >= 0.6 is 0 Å². The molecule has 24 heavy (non-hydrogen) atoms. The van der Waals surface area contributed by atoms with E-state index in [-0.39, 0.29) is 5.54 Å². The van der Waals surface area contributed by atoms with Crippen LogP contribution in [0.1, 0.15) is 29.2 Å². The number of nitrogens with one attached hydrogen (secondary N) is 1. The predicted molar refractivity (Wildman–Crippen MR) is 102 cm³/mol. The summed E-state index contributed by atoms with van der Waals surface area (Å²) in [5.74, 6) is 0. The minimum absolute atomic E-state index is 0.229. The summed E-state index contributed by atoms with van der Waals surface area (Å²) in [4.78, 5) is 0. The van der Waals surface area contributed by atoms with Crippen molar-refractivity contribution >= 4 is 11.3 Å². The smallest absolute Gasteiger partial charge is 0.0790 e. The van der Waals surface area contributed by atoms with Gasteiger partial charge in [0.2, 0.25) is 0 Å². The van der Waals surface area contributed by atoms with E-state index in [1.165, 1.54) is 33.5 Å². The summed E-state index contributed by atoms with van der Waals surface area (Å²) < 4.78 is 0. The highest BCUT2D eigenvalue weighted by atomic mass is 15.0. The Morgan fingerprint density at radius 3 is 2.12 bits per heavy atom. The van der Waals surface area contributed by atoms with Gasteiger partial charge in [-0.2, -0.15) is 0 Å². The lowest BCUT2D eigenvalue weighted by Gasteiger charge is -2.36. The van der Waals surface area contributed by atoms with Crippen molar-refractivity contribution in [3.63, 3.8) is 0 Å². The van der Waals surface area contributed by atoms with Crippen molar-refractivity contribution in [1.82, 2.24) is 0 Å². The molecule has 3 aromatic carbocycles. The second-order valence-corrected chi connectivity index (χ2v) is 6.61. The molecule has 0 saturated heterocycles. The van der Waals surface area contributed by atoms with Gasteiger partial charge in [0.15, 0.2) is 0 Å². The Kier molecular flexibility index (Phi) is 3.50. The highest BCUT2D eigenvalue weighted by Gasteiger charge is 2.31. The minimum atomic E-state index is -0.229. The number of rotatable bonds is 2. The first kappa shape index (κ1) is 14.8. The van der Waals surface area contributed by atoms with E-state index in [4.69, 9.17) is 0 Å². The summed E-state index contributed by atoms with van der Waals surface area (Å²) in [6, 6.07) is 27.8. The third-order valence-corrected chi connectivity index (χ3v) is 4.83. The van der Waals surface area contributed by atoms with Crippen LogP contribution < -0.4 is 5.32 Å². The molecule has 3 aromatic rings. The number of anilines is 1. The molecule has 1 aliphatic heterocycles. The number of benzene rings is 3. The molecule has 0 amide bonds. The Bertz CT molecular complexity index is 894. The molecule has 0 bridgehead atoms. The average Bonchev–Trinajstić information content (AvgIpc) is 2.62. The third-order valence-electron chi connectivity index (χ3n) is 4.83. The molecule has 1 N–H and O–H groups in total. The zero-order valence-electron chi connectivity index (χ0n) is 14.1. The normalized spacial score (nSPS) is 19.2. The molecule has 0 aromatic heterocycles. The van der Waals surface area contributed by atoms with Gasteiger partial charge >= 0.3 is 0 Å². The second-order valence-electron chi connectivity index (χ2n) is 6.61. The van der Waals surface area contributed by atoms with Crippen molar-refractivity contribution in [2.75, 3.05) is 5.32 Å². The molecule has 1 atom stereocenters. The summed E-state index contributed by atoms with van der Waals surface area (Å²) in [6.45, 7) is 4.43.